The molecule has 0 unspecified atom stereocenters. The molecular weight excluding hydrogens is 320 g/mol. The van der Waals surface area contributed by atoms with Gasteiger partial charge in [0.1, 0.15) is 0 Å². The van der Waals surface area contributed by atoms with Crippen LogP contribution in [0.25, 0.3) is 0 Å². The fourth-order valence-corrected chi connectivity index (χ4v) is 2.33. The van der Waals surface area contributed by atoms with E-state index in [-0.39, 0.29) is 15.7 Å². The van der Waals surface area contributed by atoms with Crippen molar-refractivity contribution in [1.29, 1.82) is 0 Å². The third-order valence-corrected chi connectivity index (χ3v) is 4.28. The zero-order valence-corrected chi connectivity index (χ0v) is 17.0. The Labute approximate surface area is 139 Å². The van der Waals surface area contributed by atoms with Gasteiger partial charge in [-0.2, -0.15) is 0 Å². The first kappa shape index (κ1) is 26.1. The van der Waals surface area contributed by atoms with Gasteiger partial charge in [0.05, 0.1) is 6.61 Å². The Morgan fingerprint density at radius 1 is 1.18 bits per heavy atom. The lowest BCUT2D eigenvalue weighted by atomic mass is 10.5. The summed E-state index contributed by atoms with van der Waals surface area (Å²) in [5.41, 5.74) is 0. The third-order valence-electron chi connectivity index (χ3n) is 1.80. The number of hydrogen-bond acceptors (Lipinski definition) is 6. The van der Waals surface area contributed by atoms with E-state index in [0.29, 0.717) is 6.61 Å². The van der Waals surface area contributed by atoms with Crippen molar-refractivity contribution in [3.8, 4) is 0 Å². The van der Waals surface area contributed by atoms with Gasteiger partial charge in [-0.15, -0.1) is 6.58 Å². The molecule has 0 aliphatic rings. The summed E-state index contributed by atoms with van der Waals surface area (Å²) in [4.78, 5) is 10.5. The molecule has 0 fully saturated rings. The topological polar surface area (TPSA) is 63.2 Å². The first-order chi connectivity index (χ1) is 10.6. The van der Waals surface area contributed by atoms with Crippen LogP contribution in [0, 0.1) is 0 Å². The summed E-state index contributed by atoms with van der Waals surface area (Å²) in [7, 11) is 2.95. The van der Waals surface area contributed by atoms with Crippen LogP contribution in [0.2, 0.25) is 6.04 Å². The molecule has 0 N–H and O–H groups in total. The summed E-state index contributed by atoms with van der Waals surface area (Å²) < 4.78 is 24.1. The molecule has 22 heavy (non-hydrogen) atoms. The van der Waals surface area contributed by atoms with Crippen molar-refractivity contribution in [1.82, 2.24) is 0 Å². The van der Waals surface area contributed by atoms with Gasteiger partial charge in [0.2, 0.25) is 0 Å². The Morgan fingerprint density at radius 2 is 1.68 bits per heavy atom. The number of ether oxygens (including phenoxy) is 1. The van der Waals surface area contributed by atoms with Gasteiger partial charge in [0, 0.05) is 34.0 Å². The number of allylic oxidation sites excluding steroid dienone is 1. The molecule has 0 aromatic carbocycles. The zero-order chi connectivity index (χ0) is 17.6. The van der Waals surface area contributed by atoms with Crippen LogP contribution >= 0.6 is 0 Å². The van der Waals surface area contributed by atoms with Gasteiger partial charge >= 0.3 is 15.5 Å². The van der Waals surface area contributed by atoms with Crippen LogP contribution in [0.5, 0.6) is 0 Å². The largest absolute Gasteiger partial charge is 0.576 e. The monoisotopic (exact) mass is 351 g/mol. The Balaban J connectivity index is -0.000000305. The Morgan fingerprint density at radius 3 is 2.00 bits per heavy atom. The SMILES string of the molecule is C=CC.C=CC(=O)OCCC[SiH2]OCC.CO[Si](OC)OC. The highest BCUT2D eigenvalue weighted by Gasteiger charge is 2.09. The predicted octanol–water partition coefficient (Wildman–Crippen LogP) is 1.75. The van der Waals surface area contributed by atoms with Gasteiger partial charge < -0.3 is 22.4 Å². The van der Waals surface area contributed by atoms with Crippen molar-refractivity contribution in [2.24, 2.45) is 0 Å². The van der Waals surface area contributed by atoms with Crippen molar-refractivity contribution in [2.75, 3.05) is 34.5 Å². The van der Waals surface area contributed by atoms with Gasteiger partial charge in [0.25, 0.3) is 0 Å². The minimum Gasteiger partial charge on any atom is -0.463 e. The molecule has 0 atom stereocenters. The molecule has 0 aliphatic carbocycles. The quantitative estimate of drug-likeness (QED) is 0.196. The summed E-state index contributed by atoms with van der Waals surface area (Å²) in [5.74, 6) is -0.340. The van der Waals surface area contributed by atoms with Gasteiger partial charge in [-0.25, -0.2) is 4.79 Å². The van der Waals surface area contributed by atoms with E-state index in [1.54, 1.807) is 27.4 Å². The maximum Gasteiger partial charge on any atom is 0.576 e. The zero-order valence-electron chi connectivity index (χ0n) is 14.6. The fourth-order valence-electron chi connectivity index (χ4n) is 0.932. The summed E-state index contributed by atoms with van der Waals surface area (Å²) in [6.07, 6.45) is 3.84. The molecule has 0 saturated heterocycles. The van der Waals surface area contributed by atoms with E-state index < -0.39 is 9.53 Å². The maximum atomic E-state index is 10.5. The van der Waals surface area contributed by atoms with Gasteiger partial charge in [0.15, 0.2) is 9.76 Å². The minimum atomic E-state index is -1.36. The fraction of sp³-hybridized carbons (Fsp3) is 0.643. The molecule has 131 valence electrons. The highest BCUT2D eigenvalue weighted by Crippen LogP contribution is 1.91. The van der Waals surface area contributed by atoms with E-state index in [9.17, 15) is 4.79 Å². The van der Waals surface area contributed by atoms with Crippen LogP contribution in [-0.4, -0.2) is 59.8 Å². The van der Waals surface area contributed by atoms with E-state index in [2.05, 4.69) is 13.2 Å². The molecule has 8 heteroatoms. The van der Waals surface area contributed by atoms with E-state index >= 15 is 0 Å². The molecule has 0 bridgehead atoms. The summed E-state index contributed by atoms with van der Waals surface area (Å²) in [6, 6.07) is 1.07. The molecular formula is C14H31O6Si2. The average molecular weight is 352 g/mol. The molecule has 0 amide bonds. The third kappa shape index (κ3) is 27.5. The molecule has 0 spiro atoms. The van der Waals surface area contributed by atoms with E-state index in [1.165, 1.54) is 6.08 Å². The number of hydrogen-bond donors (Lipinski definition) is 0. The second-order valence-electron chi connectivity index (χ2n) is 3.55. The van der Waals surface area contributed by atoms with Crippen molar-refractivity contribution in [2.45, 2.75) is 26.3 Å². The first-order valence-corrected chi connectivity index (χ1v) is 9.80. The molecule has 0 aromatic rings. The van der Waals surface area contributed by atoms with Crippen LogP contribution < -0.4 is 0 Å². The Bertz CT molecular complexity index is 242. The normalized spacial score (nSPS) is 9.55. The molecule has 0 heterocycles. The van der Waals surface area contributed by atoms with Crippen molar-refractivity contribution < 1.29 is 27.2 Å². The number of esters is 1. The van der Waals surface area contributed by atoms with Crippen LogP contribution in [0.15, 0.2) is 25.3 Å². The van der Waals surface area contributed by atoms with Gasteiger partial charge in [-0.05, 0) is 26.3 Å². The Kier molecular flexibility index (Phi) is 29.9. The molecule has 0 saturated carbocycles. The van der Waals surface area contributed by atoms with Gasteiger partial charge in [-0.3, -0.25) is 0 Å². The lowest BCUT2D eigenvalue weighted by Gasteiger charge is -2.02. The molecule has 1 radical (unpaired) electrons. The smallest absolute Gasteiger partial charge is 0.463 e. The second kappa shape index (κ2) is 25.2. The lowest BCUT2D eigenvalue weighted by molar-refractivity contribution is -0.137. The van der Waals surface area contributed by atoms with Crippen molar-refractivity contribution in [3.05, 3.63) is 25.3 Å². The molecule has 0 aromatic heterocycles. The number of rotatable bonds is 10. The van der Waals surface area contributed by atoms with Crippen molar-refractivity contribution >= 4 is 25.3 Å². The van der Waals surface area contributed by atoms with Crippen molar-refractivity contribution in [3.63, 3.8) is 0 Å². The maximum absolute atomic E-state index is 10.5. The van der Waals surface area contributed by atoms with E-state index in [1.807, 2.05) is 13.8 Å². The summed E-state index contributed by atoms with van der Waals surface area (Å²) in [5, 5.41) is 0. The van der Waals surface area contributed by atoms with Crippen LogP contribution in [0.4, 0.5) is 0 Å². The second-order valence-corrected chi connectivity index (χ2v) is 6.79. The minimum absolute atomic E-state index is 0.340. The molecule has 0 aliphatic heterocycles. The van der Waals surface area contributed by atoms with E-state index in [4.69, 9.17) is 22.4 Å². The summed E-state index contributed by atoms with van der Waals surface area (Å²) >= 11 is 0. The highest BCUT2D eigenvalue weighted by molar-refractivity contribution is 6.36. The molecule has 0 rings (SSSR count). The van der Waals surface area contributed by atoms with E-state index in [0.717, 1.165) is 19.1 Å². The Hall–Kier alpha value is -0.776. The average Bonchev–Trinajstić information content (AvgIpc) is 2.53. The summed E-state index contributed by atoms with van der Waals surface area (Å²) in [6.45, 7) is 11.8. The van der Waals surface area contributed by atoms with Crippen LogP contribution in [-0.2, 0) is 27.2 Å². The lowest BCUT2D eigenvalue weighted by Crippen LogP contribution is -2.21. The van der Waals surface area contributed by atoms with Crippen LogP contribution in [0.3, 0.4) is 0 Å². The number of carbonyl (C=O) groups excluding carboxylic acids is 1. The number of carbonyl (C=O) groups is 1. The highest BCUT2D eigenvalue weighted by atomic mass is 28.3. The van der Waals surface area contributed by atoms with Gasteiger partial charge in [-0.1, -0.05) is 12.7 Å². The standard InChI is InChI=1S/C8H16O3Si.C3H9O3Si.C3H6/c1-3-8(9)10-6-5-7-12-11-4-2;1-4-7(5-2)6-3;1-3-2/h3H,1,4-7,12H2,2H3;1-3H3;3H,1H2,2H3. The molecule has 6 nitrogen and oxygen atoms in total. The predicted molar refractivity (Wildman–Crippen MR) is 93.4 cm³/mol. The first-order valence-electron chi connectivity index (χ1n) is 7.00. The van der Waals surface area contributed by atoms with Crippen LogP contribution in [0.1, 0.15) is 20.3 Å².